The van der Waals surface area contributed by atoms with Crippen molar-refractivity contribution < 1.29 is 4.42 Å². The van der Waals surface area contributed by atoms with Crippen molar-refractivity contribution in [2.24, 2.45) is 0 Å². The van der Waals surface area contributed by atoms with Gasteiger partial charge in [0.1, 0.15) is 17.4 Å². The third kappa shape index (κ3) is 1.88. The van der Waals surface area contributed by atoms with Crippen LogP contribution in [0.5, 0.6) is 0 Å². The van der Waals surface area contributed by atoms with E-state index in [1.54, 1.807) is 6.07 Å². The van der Waals surface area contributed by atoms with Gasteiger partial charge < -0.3 is 4.42 Å². The molecule has 0 N–H and O–H groups in total. The summed E-state index contributed by atoms with van der Waals surface area (Å²) in [6, 6.07) is 3.37. The molecule has 88 valence electrons. The summed E-state index contributed by atoms with van der Waals surface area (Å²) in [5, 5.41) is 8.78. The first-order valence-corrected chi connectivity index (χ1v) is 6.11. The average molecular weight is 270 g/mol. The first-order valence-electron chi connectivity index (χ1n) is 5.04. The second-order valence-electron chi connectivity index (χ2n) is 3.94. The van der Waals surface area contributed by atoms with Gasteiger partial charge in [-0.25, -0.2) is 4.79 Å². The van der Waals surface area contributed by atoms with Crippen molar-refractivity contribution in [1.29, 1.82) is 5.26 Å². The number of nitrogens with zero attached hydrogens (tertiary/aromatic N) is 1. The molecule has 0 aliphatic heterocycles. The number of hydrogen-bond donors (Lipinski definition) is 0. The van der Waals surface area contributed by atoms with Gasteiger partial charge in [-0.2, -0.15) is 5.26 Å². The molecular weight excluding hydrogens is 261 g/mol. The number of alkyl halides is 2. The molecule has 0 saturated carbocycles. The Morgan fingerprint density at radius 3 is 2.76 bits per heavy atom. The Hall–Kier alpha value is -1.24. The van der Waals surface area contributed by atoms with Crippen LogP contribution in [0.15, 0.2) is 27.4 Å². The smallest absolute Gasteiger partial charge is 0.354 e. The van der Waals surface area contributed by atoms with Crippen LogP contribution in [0.2, 0.25) is 0 Å². The largest absolute Gasteiger partial charge is 0.426 e. The molecule has 0 radical (unpaired) electrons. The molecule has 0 bridgehead atoms. The summed E-state index contributed by atoms with van der Waals surface area (Å²) < 4.78 is 5.22. The quantitative estimate of drug-likeness (QED) is 0.612. The summed E-state index contributed by atoms with van der Waals surface area (Å²) >= 11 is 11.9. The molecule has 3 nitrogen and oxygen atoms in total. The van der Waals surface area contributed by atoms with Crippen molar-refractivity contribution in [1.82, 2.24) is 0 Å². The van der Waals surface area contributed by atoms with Crippen LogP contribution in [0.4, 0.5) is 0 Å². The van der Waals surface area contributed by atoms with Crippen molar-refractivity contribution in [3.05, 3.63) is 45.5 Å². The van der Waals surface area contributed by atoms with Crippen LogP contribution in [-0.4, -0.2) is 11.8 Å². The van der Waals surface area contributed by atoms with Crippen molar-refractivity contribution >= 4 is 23.2 Å². The van der Waals surface area contributed by atoms with Crippen LogP contribution < -0.4 is 5.63 Å². The van der Waals surface area contributed by atoms with E-state index in [0.717, 1.165) is 5.56 Å². The molecule has 5 heteroatoms. The average Bonchev–Trinajstić information content (AvgIpc) is 2.37. The van der Waals surface area contributed by atoms with E-state index in [9.17, 15) is 4.79 Å². The molecule has 0 saturated heterocycles. The maximum absolute atomic E-state index is 11.5. The van der Waals surface area contributed by atoms with Gasteiger partial charge in [-0.3, -0.25) is 0 Å². The topological polar surface area (TPSA) is 54.0 Å². The minimum Gasteiger partial charge on any atom is -0.426 e. The minimum atomic E-state index is -0.649. The van der Waals surface area contributed by atoms with Gasteiger partial charge in [-0.1, -0.05) is 12.2 Å². The van der Waals surface area contributed by atoms with Gasteiger partial charge in [0.05, 0.1) is 5.41 Å². The van der Waals surface area contributed by atoms with Crippen LogP contribution in [-0.2, 0) is 11.8 Å². The molecule has 0 atom stereocenters. The Bertz CT molecular complexity index is 565. The highest BCUT2D eigenvalue weighted by molar-refractivity contribution is 6.22. The molecule has 1 aliphatic rings. The summed E-state index contributed by atoms with van der Waals surface area (Å²) in [5.41, 5.74) is -0.479. The molecule has 17 heavy (non-hydrogen) atoms. The highest BCUT2D eigenvalue weighted by Gasteiger charge is 2.35. The summed E-state index contributed by atoms with van der Waals surface area (Å²) in [6.45, 7) is 0. The van der Waals surface area contributed by atoms with Crippen molar-refractivity contribution in [2.75, 3.05) is 11.8 Å². The van der Waals surface area contributed by atoms with Gasteiger partial charge in [0, 0.05) is 11.8 Å². The van der Waals surface area contributed by atoms with E-state index in [1.807, 2.05) is 18.2 Å². The highest BCUT2D eigenvalue weighted by atomic mass is 35.5. The van der Waals surface area contributed by atoms with Gasteiger partial charge >= 0.3 is 5.63 Å². The predicted molar refractivity (Wildman–Crippen MR) is 65.7 cm³/mol. The van der Waals surface area contributed by atoms with Gasteiger partial charge in [0.25, 0.3) is 0 Å². The fourth-order valence-electron chi connectivity index (χ4n) is 1.90. The summed E-state index contributed by atoms with van der Waals surface area (Å²) in [4.78, 5) is 11.5. The monoisotopic (exact) mass is 269 g/mol. The second kappa shape index (κ2) is 4.56. The molecule has 1 aromatic rings. The van der Waals surface area contributed by atoms with Crippen LogP contribution in [0, 0.1) is 11.3 Å². The number of hydrogen-bond acceptors (Lipinski definition) is 3. The Balaban J connectivity index is 2.68. The molecule has 1 aromatic heterocycles. The van der Waals surface area contributed by atoms with E-state index in [1.165, 1.54) is 0 Å². The molecule has 2 rings (SSSR count). The van der Waals surface area contributed by atoms with E-state index >= 15 is 0 Å². The molecule has 0 unspecified atom stereocenters. The Labute approximate surface area is 108 Å². The van der Waals surface area contributed by atoms with Crippen LogP contribution in [0.25, 0.3) is 0 Å². The van der Waals surface area contributed by atoms with E-state index in [2.05, 4.69) is 0 Å². The fourth-order valence-corrected chi connectivity index (χ4v) is 2.60. The third-order valence-corrected chi connectivity index (χ3v) is 3.80. The molecule has 0 amide bonds. The summed E-state index contributed by atoms with van der Waals surface area (Å²) in [5.74, 6) is 0.943. The van der Waals surface area contributed by atoms with Gasteiger partial charge in [0.2, 0.25) is 0 Å². The number of rotatable bonds is 2. The van der Waals surface area contributed by atoms with E-state index in [4.69, 9.17) is 32.9 Å². The van der Waals surface area contributed by atoms with Crippen molar-refractivity contribution in [3.8, 4) is 6.07 Å². The number of halogens is 2. The Morgan fingerprint density at radius 2 is 2.18 bits per heavy atom. The summed E-state index contributed by atoms with van der Waals surface area (Å²) in [7, 11) is 0. The van der Waals surface area contributed by atoms with Crippen LogP contribution >= 0.6 is 23.2 Å². The SMILES string of the molecule is N#Cc1cc2c(oc1=O)C(CCl)(CCl)C=CC2. The molecule has 1 aliphatic carbocycles. The Kier molecular flexibility index (Phi) is 3.28. The maximum Gasteiger partial charge on any atom is 0.354 e. The zero-order valence-electron chi connectivity index (χ0n) is 8.87. The van der Waals surface area contributed by atoms with Crippen LogP contribution in [0.1, 0.15) is 16.9 Å². The minimum absolute atomic E-state index is 0.0112. The summed E-state index contributed by atoms with van der Waals surface area (Å²) in [6.07, 6.45) is 4.40. The van der Waals surface area contributed by atoms with E-state index < -0.39 is 11.0 Å². The molecule has 0 spiro atoms. The second-order valence-corrected chi connectivity index (χ2v) is 4.48. The Morgan fingerprint density at radius 1 is 1.47 bits per heavy atom. The molecule has 1 heterocycles. The number of nitriles is 1. The van der Waals surface area contributed by atoms with Crippen molar-refractivity contribution in [2.45, 2.75) is 11.8 Å². The van der Waals surface area contributed by atoms with Gasteiger partial charge in [-0.15, -0.1) is 23.2 Å². The standard InChI is InChI=1S/C12H9Cl2NO2/c13-6-12(7-14)3-1-2-8-4-9(5-15)11(16)17-10(8)12/h1,3-4H,2,6-7H2. The molecular formula is C12H9Cl2NO2. The lowest BCUT2D eigenvalue weighted by atomic mass is 9.81. The lowest BCUT2D eigenvalue weighted by Gasteiger charge is -2.29. The zero-order chi connectivity index (χ0) is 12.5. The highest BCUT2D eigenvalue weighted by Crippen LogP contribution is 2.34. The zero-order valence-corrected chi connectivity index (χ0v) is 10.4. The van der Waals surface area contributed by atoms with Gasteiger partial charge in [-0.05, 0) is 18.1 Å². The fraction of sp³-hybridized carbons (Fsp3) is 0.333. The first kappa shape index (κ1) is 12.2. The normalized spacial score (nSPS) is 16.3. The number of fused-ring (bicyclic) bond motifs is 1. The third-order valence-electron chi connectivity index (χ3n) is 2.85. The lowest BCUT2D eigenvalue weighted by Crippen LogP contribution is -2.33. The maximum atomic E-state index is 11.5. The van der Waals surface area contributed by atoms with E-state index in [0.29, 0.717) is 12.2 Å². The first-order chi connectivity index (χ1) is 8.16. The lowest BCUT2D eigenvalue weighted by molar-refractivity contribution is 0.393. The van der Waals surface area contributed by atoms with E-state index in [-0.39, 0.29) is 17.3 Å². The predicted octanol–water partition coefficient (Wildman–Crippen LogP) is 2.34. The molecule has 0 fully saturated rings. The number of allylic oxidation sites excluding steroid dienone is 2. The molecule has 0 aromatic carbocycles. The van der Waals surface area contributed by atoms with Crippen LogP contribution in [0.3, 0.4) is 0 Å². The van der Waals surface area contributed by atoms with Gasteiger partial charge in [0.15, 0.2) is 0 Å². The van der Waals surface area contributed by atoms with Crippen molar-refractivity contribution in [3.63, 3.8) is 0 Å².